The van der Waals surface area contributed by atoms with Crippen LogP contribution in [0.3, 0.4) is 0 Å². The molecule has 3 aromatic rings. The Bertz CT molecular complexity index is 1030. The van der Waals surface area contributed by atoms with Crippen LogP contribution < -0.4 is 20.9 Å². The molecule has 0 aliphatic heterocycles. The topological polar surface area (TPSA) is 79.5 Å². The summed E-state index contributed by atoms with van der Waals surface area (Å²) in [7, 11) is 1.60. The number of benzene rings is 3. The Morgan fingerprint density at radius 3 is 2.43 bits per heavy atom. The summed E-state index contributed by atoms with van der Waals surface area (Å²) < 4.78 is 5.10. The highest BCUT2D eigenvalue weighted by molar-refractivity contribution is 6.09. The van der Waals surface area contributed by atoms with Crippen LogP contribution in [0.25, 0.3) is 10.8 Å². The van der Waals surface area contributed by atoms with Crippen molar-refractivity contribution in [3.05, 3.63) is 71.3 Å². The number of ether oxygens (including phenoxy) is 1. The molecular formula is C22H21N3O3. The maximum absolute atomic E-state index is 12.6. The second-order valence-electron chi connectivity index (χ2n) is 6.70. The van der Waals surface area contributed by atoms with Gasteiger partial charge in [0, 0.05) is 11.3 Å². The normalized spacial score (nSPS) is 11.9. The highest BCUT2D eigenvalue weighted by Gasteiger charge is 2.18. The molecule has 0 spiro atoms. The molecule has 3 N–H and O–H groups in total. The monoisotopic (exact) mass is 375 g/mol. The van der Waals surface area contributed by atoms with Crippen LogP contribution in [0, 0.1) is 0 Å². The molecule has 0 unspecified atom stereocenters. The fourth-order valence-corrected chi connectivity index (χ4v) is 3.57. The van der Waals surface area contributed by atoms with Crippen LogP contribution >= 0.6 is 0 Å². The van der Waals surface area contributed by atoms with E-state index in [-0.39, 0.29) is 18.4 Å². The van der Waals surface area contributed by atoms with Gasteiger partial charge in [-0.15, -0.1) is 0 Å². The van der Waals surface area contributed by atoms with Crippen LogP contribution in [0.4, 0.5) is 5.69 Å². The lowest BCUT2D eigenvalue weighted by Crippen LogP contribution is -2.44. The minimum absolute atomic E-state index is 0.0381. The van der Waals surface area contributed by atoms with E-state index in [0.29, 0.717) is 5.56 Å². The van der Waals surface area contributed by atoms with Crippen LogP contribution in [0.2, 0.25) is 0 Å². The smallest absolute Gasteiger partial charge is 0.270 e. The molecule has 142 valence electrons. The average molecular weight is 375 g/mol. The maximum Gasteiger partial charge on any atom is 0.270 e. The van der Waals surface area contributed by atoms with Gasteiger partial charge in [0.2, 0.25) is 0 Å². The summed E-state index contributed by atoms with van der Waals surface area (Å²) >= 11 is 0. The molecule has 1 aliphatic rings. The van der Waals surface area contributed by atoms with Gasteiger partial charge in [-0.25, -0.2) is 0 Å². The fraction of sp³-hybridized carbons (Fsp3) is 0.182. The van der Waals surface area contributed by atoms with E-state index in [1.807, 2.05) is 36.4 Å². The molecule has 4 rings (SSSR count). The number of carbonyl (C=O) groups is 2. The molecule has 1 aliphatic carbocycles. The van der Waals surface area contributed by atoms with Crippen molar-refractivity contribution in [3.63, 3.8) is 0 Å². The van der Waals surface area contributed by atoms with E-state index < -0.39 is 0 Å². The predicted molar refractivity (Wildman–Crippen MR) is 108 cm³/mol. The van der Waals surface area contributed by atoms with E-state index in [1.165, 1.54) is 16.5 Å². The molecule has 2 amide bonds. The Hall–Kier alpha value is -3.54. The summed E-state index contributed by atoms with van der Waals surface area (Å²) in [6.45, 7) is 0.0381. The van der Waals surface area contributed by atoms with Gasteiger partial charge in [0.05, 0.1) is 13.7 Å². The number of amides is 2. The van der Waals surface area contributed by atoms with Crippen LogP contribution in [0.15, 0.2) is 54.6 Å². The quantitative estimate of drug-likeness (QED) is 0.599. The van der Waals surface area contributed by atoms with Crippen molar-refractivity contribution in [2.75, 3.05) is 19.0 Å². The standard InChI is InChI=1S/C22H21N3O3/c1-28-17-10-8-16(9-11-17)23-13-20(26)24-25-22(27)19-12-7-15-6-5-14-3-2-4-18(19)21(14)15/h2-4,7-12,23H,5-6,13H2,1H3,(H,24,26)(H,25,27). The highest BCUT2D eigenvalue weighted by Crippen LogP contribution is 2.32. The minimum Gasteiger partial charge on any atom is -0.497 e. The first kappa shape index (κ1) is 17.9. The molecule has 28 heavy (non-hydrogen) atoms. The number of nitrogens with one attached hydrogen (secondary N) is 3. The molecule has 0 atom stereocenters. The molecule has 0 aromatic heterocycles. The van der Waals surface area contributed by atoms with Crippen molar-refractivity contribution in [3.8, 4) is 5.75 Å². The van der Waals surface area contributed by atoms with Gasteiger partial charge in [-0.2, -0.15) is 0 Å². The van der Waals surface area contributed by atoms with Gasteiger partial charge < -0.3 is 10.1 Å². The molecular weight excluding hydrogens is 354 g/mol. The minimum atomic E-state index is -0.338. The largest absolute Gasteiger partial charge is 0.497 e. The maximum atomic E-state index is 12.6. The summed E-state index contributed by atoms with van der Waals surface area (Å²) in [5.74, 6) is 0.0797. The molecule has 0 heterocycles. The summed E-state index contributed by atoms with van der Waals surface area (Å²) in [4.78, 5) is 24.6. The van der Waals surface area contributed by atoms with E-state index in [2.05, 4.69) is 22.2 Å². The summed E-state index contributed by atoms with van der Waals surface area (Å²) in [5, 5.41) is 5.09. The lowest BCUT2D eigenvalue weighted by molar-refractivity contribution is -0.120. The van der Waals surface area contributed by atoms with E-state index in [9.17, 15) is 9.59 Å². The molecule has 6 nitrogen and oxygen atoms in total. The Kier molecular flexibility index (Phi) is 4.85. The first-order chi connectivity index (χ1) is 13.7. The number of methoxy groups -OCH3 is 1. The number of anilines is 1. The Balaban J connectivity index is 1.37. The highest BCUT2D eigenvalue weighted by atomic mass is 16.5. The van der Waals surface area contributed by atoms with Crippen LogP contribution in [0.5, 0.6) is 5.75 Å². The van der Waals surface area contributed by atoms with Crippen molar-refractivity contribution in [1.29, 1.82) is 0 Å². The van der Waals surface area contributed by atoms with Gasteiger partial charge in [0.25, 0.3) is 11.8 Å². The Morgan fingerprint density at radius 1 is 0.929 bits per heavy atom. The van der Waals surface area contributed by atoms with Gasteiger partial charge in [-0.1, -0.05) is 24.3 Å². The van der Waals surface area contributed by atoms with Crippen molar-refractivity contribution in [2.24, 2.45) is 0 Å². The fourth-order valence-electron chi connectivity index (χ4n) is 3.57. The first-order valence-corrected chi connectivity index (χ1v) is 9.16. The summed E-state index contributed by atoms with van der Waals surface area (Å²) in [6, 6.07) is 17.1. The van der Waals surface area contributed by atoms with Gasteiger partial charge in [-0.05, 0) is 65.1 Å². The molecule has 3 aromatic carbocycles. The summed E-state index contributed by atoms with van der Waals surface area (Å²) in [5.41, 5.74) is 8.86. The van der Waals surface area contributed by atoms with Gasteiger partial charge in [-0.3, -0.25) is 20.4 Å². The predicted octanol–water partition coefficient (Wildman–Crippen LogP) is 2.82. The van der Waals surface area contributed by atoms with Crippen molar-refractivity contribution < 1.29 is 14.3 Å². The number of hydrazine groups is 1. The third kappa shape index (κ3) is 3.49. The van der Waals surface area contributed by atoms with Gasteiger partial charge in [0.1, 0.15) is 5.75 Å². The molecule has 0 bridgehead atoms. The second kappa shape index (κ2) is 7.60. The molecule has 0 radical (unpaired) electrons. The lowest BCUT2D eigenvalue weighted by Gasteiger charge is -2.11. The van der Waals surface area contributed by atoms with Gasteiger partial charge >= 0.3 is 0 Å². The third-order valence-corrected chi connectivity index (χ3v) is 4.98. The number of aryl methyl sites for hydroxylation is 2. The zero-order valence-corrected chi connectivity index (χ0v) is 15.5. The van der Waals surface area contributed by atoms with E-state index in [1.54, 1.807) is 19.2 Å². The van der Waals surface area contributed by atoms with Crippen LogP contribution in [-0.2, 0) is 17.6 Å². The van der Waals surface area contributed by atoms with Crippen molar-refractivity contribution >= 4 is 28.3 Å². The third-order valence-electron chi connectivity index (χ3n) is 4.98. The van der Waals surface area contributed by atoms with Gasteiger partial charge in [0.15, 0.2) is 0 Å². The number of hydrogen-bond acceptors (Lipinski definition) is 4. The molecule has 6 heteroatoms. The van der Waals surface area contributed by atoms with E-state index in [4.69, 9.17) is 4.74 Å². The Labute approximate surface area is 162 Å². The number of hydrogen-bond donors (Lipinski definition) is 3. The number of carbonyl (C=O) groups excluding carboxylic acids is 2. The Morgan fingerprint density at radius 2 is 1.68 bits per heavy atom. The average Bonchev–Trinajstić information content (AvgIpc) is 3.16. The molecule has 0 fully saturated rings. The SMILES string of the molecule is COc1ccc(NCC(=O)NNC(=O)c2ccc3c4c(cccc24)CC3)cc1. The van der Waals surface area contributed by atoms with Crippen LogP contribution in [-0.4, -0.2) is 25.5 Å². The van der Waals surface area contributed by atoms with Crippen molar-refractivity contribution in [2.45, 2.75) is 12.8 Å². The zero-order valence-electron chi connectivity index (χ0n) is 15.5. The molecule has 0 saturated carbocycles. The first-order valence-electron chi connectivity index (χ1n) is 9.16. The van der Waals surface area contributed by atoms with E-state index in [0.717, 1.165) is 29.7 Å². The van der Waals surface area contributed by atoms with Crippen molar-refractivity contribution in [1.82, 2.24) is 10.9 Å². The van der Waals surface area contributed by atoms with E-state index >= 15 is 0 Å². The summed E-state index contributed by atoms with van der Waals surface area (Å²) in [6.07, 6.45) is 2.01. The second-order valence-corrected chi connectivity index (χ2v) is 6.70. The number of rotatable bonds is 5. The van der Waals surface area contributed by atoms with Crippen LogP contribution in [0.1, 0.15) is 21.5 Å². The lowest BCUT2D eigenvalue weighted by atomic mass is 10.00. The zero-order chi connectivity index (χ0) is 19.5. The molecule has 0 saturated heterocycles.